The molecule has 6 heteroatoms. The molecular formula is C30H41N5O. The van der Waals surface area contributed by atoms with E-state index in [4.69, 9.17) is 9.97 Å². The summed E-state index contributed by atoms with van der Waals surface area (Å²) in [5, 5.41) is 13.6. The summed E-state index contributed by atoms with van der Waals surface area (Å²) >= 11 is 0. The summed E-state index contributed by atoms with van der Waals surface area (Å²) in [6.45, 7) is 6.57. The molecule has 0 spiro atoms. The number of nitrogens with one attached hydrogen (secondary N) is 1. The highest BCUT2D eigenvalue weighted by molar-refractivity contribution is 5.85. The van der Waals surface area contributed by atoms with Crippen molar-refractivity contribution >= 4 is 11.5 Å². The number of aliphatic hydroxyl groups is 1. The van der Waals surface area contributed by atoms with Crippen molar-refractivity contribution in [1.29, 1.82) is 0 Å². The second-order valence-electron chi connectivity index (χ2n) is 11.6. The molecule has 192 valence electrons. The first-order valence-corrected chi connectivity index (χ1v) is 14.1. The molecule has 3 aliphatic carbocycles. The molecule has 1 saturated heterocycles. The number of rotatable bonds is 8. The molecule has 0 bridgehead atoms. The molecular weight excluding hydrogens is 446 g/mol. The minimum Gasteiger partial charge on any atom is -0.393 e. The third-order valence-corrected chi connectivity index (χ3v) is 8.82. The molecule has 2 saturated carbocycles. The van der Waals surface area contributed by atoms with Crippen LogP contribution in [-0.2, 0) is 6.54 Å². The van der Waals surface area contributed by atoms with E-state index in [1.54, 1.807) is 0 Å². The molecule has 0 radical (unpaired) electrons. The van der Waals surface area contributed by atoms with Crippen LogP contribution in [0.1, 0.15) is 73.2 Å². The lowest BCUT2D eigenvalue weighted by atomic mass is 9.78. The van der Waals surface area contributed by atoms with Gasteiger partial charge in [-0.15, -0.1) is 0 Å². The van der Waals surface area contributed by atoms with E-state index in [1.807, 2.05) is 6.20 Å². The monoisotopic (exact) mass is 487 g/mol. The van der Waals surface area contributed by atoms with Gasteiger partial charge in [-0.1, -0.05) is 43.2 Å². The summed E-state index contributed by atoms with van der Waals surface area (Å²) in [7, 11) is 2.21. The van der Waals surface area contributed by atoms with Gasteiger partial charge in [0.1, 0.15) is 0 Å². The summed E-state index contributed by atoms with van der Waals surface area (Å²) < 4.78 is 0. The molecule has 6 nitrogen and oxygen atoms in total. The smallest absolute Gasteiger partial charge is 0.222 e. The average molecular weight is 488 g/mol. The Labute approximate surface area is 215 Å². The van der Waals surface area contributed by atoms with E-state index in [0.29, 0.717) is 11.8 Å². The third-order valence-electron chi connectivity index (χ3n) is 8.82. The quantitative estimate of drug-likeness (QED) is 0.571. The fourth-order valence-electron chi connectivity index (χ4n) is 6.21. The molecule has 0 unspecified atom stereocenters. The summed E-state index contributed by atoms with van der Waals surface area (Å²) in [5.74, 6) is 2.52. The normalized spacial score (nSPS) is 27.1. The van der Waals surface area contributed by atoms with Gasteiger partial charge in [-0.3, -0.25) is 4.90 Å². The second kappa shape index (κ2) is 10.6. The largest absolute Gasteiger partial charge is 0.393 e. The molecule has 2 N–H and O–H groups in total. The topological polar surface area (TPSA) is 64.5 Å². The van der Waals surface area contributed by atoms with Crippen LogP contribution in [0.5, 0.6) is 0 Å². The van der Waals surface area contributed by atoms with Crippen LogP contribution in [0.2, 0.25) is 0 Å². The van der Waals surface area contributed by atoms with Crippen molar-refractivity contribution in [2.45, 2.75) is 63.5 Å². The van der Waals surface area contributed by atoms with Gasteiger partial charge in [-0.2, -0.15) is 0 Å². The molecule has 4 aliphatic rings. The molecule has 1 aliphatic heterocycles. The van der Waals surface area contributed by atoms with Gasteiger partial charge in [-0.25, -0.2) is 9.97 Å². The predicted molar refractivity (Wildman–Crippen MR) is 145 cm³/mol. The number of piperazine rings is 1. The Kier molecular flexibility index (Phi) is 7.09. The van der Waals surface area contributed by atoms with Gasteiger partial charge in [-0.05, 0) is 67.7 Å². The minimum absolute atomic E-state index is 0.136. The summed E-state index contributed by atoms with van der Waals surface area (Å²) in [4.78, 5) is 14.8. The van der Waals surface area contributed by atoms with Crippen LogP contribution >= 0.6 is 0 Å². The van der Waals surface area contributed by atoms with Crippen LogP contribution in [0.15, 0.2) is 36.5 Å². The predicted octanol–water partition coefficient (Wildman–Crippen LogP) is 4.52. The van der Waals surface area contributed by atoms with E-state index in [9.17, 15) is 5.11 Å². The summed E-state index contributed by atoms with van der Waals surface area (Å²) in [5.41, 5.74) is 6.28. The van der Waals surface area contributed by atoms with Crippen molar-refractivity contribution < 1.29 is 5.11 Å². The van der Waals surface area contributed by atoms with Gasteiger partial charge < -0.3 is 15.3 Å². The lowest BCUT2D eigenvalue weighted by Gasteiger charge is -2.32. The highest BCUT2D eigenvalue weighted by Gasteiger charge is 2.34. The van der Waals surface area contributed by atoms with E-state index < -0.39 is 0 Å². The number of allylic oxidation sites excluding steroid dienone is 1. The molecule has 2 heterocycles. The first-order chi connectivity index (χ1) is 17.6. The second-order valence-corrected chi connectivity index (χ2v) is 11.6. The van der Waals surface area contributed by atoms with Crippen molar-refractivity contribution in [3.8, 4) is 0 Å². The molecule has 0 amide bonds. The molecule has 3 fully saturated rings. The lowest BCUT2D eigenvalue weighted by Crippen LogP contribution is -2.43. The molecule has 1 atom stereocenters. The number of hydrogen-bond acceptors (Lipinski definition) is 6. The van der Waals surface area contributed by atoms with Crippen LogP contribution < -0.4 is 5.32 Å². The van der Waals surface area contributed by atoms with E-state index in [0.717, 1.165) is 76.8 Å². The third kappa shape index (κ3) is 5.51. The number of hydrogen-bond donors (Lipinski definition) is 2. The van der Waals surface area contributed by atoms with Crippen molar-refractivity contribution in [2.24, 2.45) is 11.8 Å². The minimum atomic E-state index is -0.136. The molecule has 36 heavy (non-hydrogen) atoms. The van der Waals surface area contributed by atoms with Gasteiger partial charge in [0.2, 0.25) is 5.95 Å². The number of anilines is 1. The highest BCUT2D eigenvalue weighted by atomic mass is 16.3. The summed E-state index contributed by atoms with van der Waals surface area (Å²) in [6.07, 6.45) is 12.3. The average Bonchev–Trinajstić information content (AvgIpc) is 3.65. The Hall–Kier alpha value is -2.28. The van der Waals surface area contributed by atoms with Crippen LogP contribution in [-0.4, -0.2) is 70.7 Å². The van der Waals surface area contributed by atoms with Crippen molar-refractivity contribution in [2.75, 3.05) is 45.1 Å². The van der Waals surface area contributed by atoms with Crippen LogP contribution in [0.25, 0.3) is 5.57 Å². The van der Waals surface area contributed by atoms with Gasteiger partial charge in [0.15, 0.2) is 0 Å². The number of fused-ring (bicyclic) bond motifs is 1. The van der Waals surface area contributed by atoms with Crippen LogP contribution in [0, 0.1) is 11.8 Å². The molecule has 2 aromatic rings. The van der Waals surface area contributed by atoms with Crippen LogP contribution in [0.3, 0.4) is 0 Å². The van der Waals surface area contributed by atoms with Gasteiger partial charge >= 0.3 is 0 Å². The van der Waals surface area contributed by atoms with E-state index in [-0.39, 0.29) is 6.10 Å². The Morgan fingerprint density at radius 1 is 0.972 bits per heavy atom. The van der Waals surface area contributed by atoms with E-state index >= 15 is 0 Å². The Morgan fingerprint density at radius 2 is 1.72 bits per heavy atom. The molecule has 1 aromatic carbocycles. The number of aromatic nitrogens is 2. The van der Waals surface area contributed by atoms with Gasteiger partial charge in [0.05, 0.1) is 11.8 Å². The zero-order chi connectivity index (χ0) is 24.5. The highest BCUT2D eigenvalue weighted by Crippen LogP contribution is 2.46. The zero-order valence-corrected chi connectivity index (χ0v) is 21.7. The summed E-state index contributed by atoms with van der Waals surface area (Å²) in [6, 6.07) is 9.17. The van der Waals surface area contributed by atoms with Crippen LogP contribution in [0.4, 0.5) is 5.95 Å². The number of nitrogens with zero attached hydrogens (tertiary/aromatic N) is 4. The first-order valence-electron chi connectivity index (χ1n) is 14.1. The maximum Gasteiger partial charge on any atom is 0.222 e. The van der Waals surface area contributed by atoms with Crippen molar-refractivity contribution in [1.82, 2.24) is 19.8 Å². The van der Waals surface area contributed by atoms with Gasteiger partial charge in [0, 0.05) is 56.9 Å². The Balaban J connectivity index is 1.21. The van der Waals surface area contributed by atoms with Gasteiger partial charge in [0.25, 0.3) is 0 Å². The van der Waals surface area contributed by atoms with Crippen molar-refractivity contribution in [3.63, 3.8) is 0 Å². The fourth-order valence-corrected chi connectivity index (χ4v) is 6.21. The fraction of sp³-hybridized carbons (Fsp3) is 0.600. The Morgan fingerprint density at radius 3 is 2.44 bits per heavy atom. The lowest BCUT2D eigenvalue weighted by molar-refractivity contribution is 0.105. The van der Waals surface area contributed by atoms with E-state index in [2.05, 4.69) is 52.5 Å². The SMILES string of the molecule is CN1CCN(Cc2ccc(C3=C[C@@H](C4CCC(O)CC4)c4nc(NCCC5CC5)ncc43)cc2)CC1. The molecule has 6 rings (SSSR count). The Bertz CT molecular complexity index is 1060. The standard InChI is InChI=1S/C30H41N5O/c1-34-14-16-35(17-15-34)20-22-4-6-23(7-5-22)26-18-27(24-8-10-25(36)11-9-24)29-28(26)19-32-30(33-29)31-13-12-21-2-3-21/h4-7,18-19,21,24-25,27,36H,2-3,8-17,20H2,1H3,(H,31,32,33)/t24?,25?,27-/m0/s1. The van der Waals surface area contributed by atoms with E-state index in [1.165, 1.54) is 47.2 Å². The number of likely N-dealkylation sites (N-methyl/N-ethyl adjacent to an activating group) is 1. The number of benzene rings is 1. The molecule has 1 aromatic heterocycles. The maximum atomic E-state index is 10.1. The first kappa shape index (κ1) is 24.1. The number of aliphatic hydroxyl groups excluding tert-OH is 1. The maximum absolute atomic E-state index is 10.1. The van der Waals surface area contributed by atoms with Crippen molar-refractivity contribution in [3.05, 3.63) is 58.9 Å². The zero-order valence-electron chi connectivity index (χ0n) is 21.7.